The Morgan fingerprint density at radius 2 is 1.40 bits per heavy atom. The van der Waals surface area contributed by atoms with E-state index in [1.165, 1.54) is 6.42 Å². The molecule has 0 radical (unpaired) electrons. The summed E-state index contributed by atoms with van der Waals surface area (Å²) < 4.78 is 27.9. The van der Waals surface area contributed by atoms with Crippen LogP contribution in [0.15, 0.2) is 0 Å². The quantitative estimate of drug-likeness (QED) is 0.869. The molecule has 0 aromatic carbocycles. The van der Waals surface area contributed by atoms with E-state index in [1.807, 2.05) is 0 Å². The van der Waals surface area contributed by atoms with Crippen LogP contribution in [0.1, 0.15) is 77.0 Å². The van der Waals surface area contributed by atoms with Gasteiger partial charge in [-0.2, -0.15) is 9.98 Å². The van der Waals surface area contributed by atoms with E-state index in [0.717, 1.165) is 57.8 Å². The fraction of sp³-hybridized carbons (Fsp3) is 0.933. The molecule has 20 heavy (non-hydrogen) atoms. The van der Waals surface area contributed by atoms with Crippen molar-refractivity contribution in [2.75, 3.05) is 0 Å². The van der Waals surface area contributed by atoms with Crippen molar-refractivity contribution in [2.24, 2.45) is 0 Å². The zero-order chi connectivity index (χ0) is 14.5. The van der Waals surface area contributed by atoms with Crippen LogP contribution >= 0.6 is 0 Å². The third kappa shape index (κ3) is 3.95. The van der Waals surface area contributed by atoms with Gasteiger partial charge in [-0.25, -0.2) is 8.42 Å². The van der Waals surface area contributed by atoms with Crippen LogP contribution in [0, 0.1) is 11.3 Å². The molecule has 1 N–H and O–H groups in total. The highest BCUT2D eigenvalue weighted by atomic mass is 32.2. The van der Waals surface area contributed by atoms with Crippen molar-refractivity contribution >= 4 is 10.0 Å². The van der Waals surface area contributed by atoms with Gasteiger partial charge in [-0.1, -0.05) is 51.4 Å². The second-order valence-electron chi connectivity index (χ2n) is 6.37. The summed E-state index contributed by atoms with van der Waals surface area (Å²) in [5.41, 5.74) is -0.850. The lowest BCUT2D eigenvalue weighted by molar-refractivity contribution is 0.353. The van der Waals surface area contributed by atoms with Gasteiger partial charge in [0.1, 0.15) is 5.54 Å². The minimum Gasteiger partial charge on any atom is -0.212 e. The predicted molar refractivity (Wildman–Crippen MR) is 79.6 cm³/mol. The summed E-state index contributed by atoms with van der Waals surface area (Å²) in [5, 5.41) is 9.26. The van der Waals surface area contributed by atoms with E-state index in [4.69, 9.17) is 0 Å². The Morgan fingerprint density at radius 3 is 1.95 bits per heavy atom. The van der Waals surface area contributed by atoms with Crippen molar-refractivity contribution in [3.63, 3.8) is 0 Å². The first-order valence-electron chi connectivity index (χ1n) is 8.02. The van der Waals surface area contributed by atoms with E-state index in [0.29, 0.717) is 12.8 Å². The lowest BCUT2D eigenvalue weighted by atomic mass is 9.86. The van der Waals surface area contributed by atoms with E-state index in [-0.39, 0.29) is 5.25 Å². The molecule has 0 amide bonds. The maximum atomic E-state index is 12.6. The van der Waals surface area contributed by atoms with Gasteiger partial charge in [0.25, 0.3) is 0 Å². The number of hydrogen-bond donors (Lipinski definition) is 1. The summed E-state index contributed by atoms with van der Waals surface area (Å²) in [4.78, 5) is 0. The van der Waals surface area contributed by atoms with Crippen LogP contribution in [0.5, 0.6) is 0 Å². The molecule has 0 aromatic rings. The van der Waals surface area contributed by atoms with E-state index in [1.54, 1.807) is 0 Å². The lowest BCUT2D eigenvalue weighted by Gasteiger charge is -2.32. The Hall–Kier alpha value is -0.600. The minimum absolute atomic E-state index is 0.285. The van der Waals surface area contributed by atoms with Gasteiger partial charge in [0.15, 0.2) is 0 Å². The fourth-order valence-corrected chi connectivity index (χ4v) is 5.39. The first kappa shape index (κ1) is 15.8. The third-order valence-electron chi connectivity index (χ3n) is 4.75. The van der Waals surface area contributed by atoms with Crippen molar-refractivity contribution in [1.82, 2.24) is 4.72 Å². The van der Waals surface area contributed by atoms with Crippen LogP contribution in [0.3, 0.4) is 0 Å². The monoisotopic (exact) mass is 298 g/mol. The summed E-state index contributed by atoms with van der Waals surface area (Å²) in [7, 11) is -3.35. The highest BCUT2D eigenvalue weighted by molar-refractivity contribution is 7.90. The second-order valence-corrected chi connectivity index (χ2v) is 8.33. The second kappa shape index (κ2) is 6.91. The summed E-state index contributed by atoms with van der Waals surface area (Å²) in [6, 6.07) is 2.29. The molecule has 0 atom stereocenters. The molecule has 2 fully saturated rings. The van der Waals surface area contributed by atoms with Gasteiger partial charge < -0.3 is 0 Å². The van der Waals surface area contributed by atoms with E-state index in [2.05, 4.69) is 10.8 Å². The zero-order valence-corrected chi connectivity index (χ0v) is 13.1. The summed E-state index contributed by atoms with van der Waals surface area (Å²) >= 11 is 0. The van der Waals surface area contributed by atoms with Crippen LogP contribution < -0.4 is 4.72 Å². The van der Waals surface area contributed by atoms with Crippen molar-refractivity contribution in [1.29, 1.82) is 5.26 Å². The highest BCUT2D eigenvalue weighted by Gasteiger charge is 2.38. The Labute approximate surface area is 123 Å². The normalized spacial score (nSPS) is 25.4. The zero-order valence-electron chi connectivity index (χ0n) is 12.2. The topological polar surface area (TPSA) is 70.0 Å². The molecule has 0 heterocycles. The molecule has 2 aliphatic rings. The van der Waals surface area contributed by atoms with Crippen molar-refractivity contribution in [3.05, 3.63) is 0 Å². The number of nitrogens with zero attached hydrogens (tertiary/aromatic N) is 1. The Kier molecular flexibility index (Phi) is 5.45. The Morgan fingerprint density at radius 1 is 0.900 bits per heavy atom. The molecule has 0 spiro atoms. The molecule has 0 saturated heterocycles. The van der Waals surface area contributed by atoms with Gasteiger partial charge in [0, 0.05) is 0 Å². The SMILES string of the molecule is N#CC1(NS(=O)(=O)C2CCCCC2)CCCCCCC1. The number of nitriles is 1. The molecule has 0 aromatic heterocycles. The van der Waals surface area contributed by atoms with Crippen molar-refractivity contribution in [2.45, 2.75) is 87.8 Å². The maximum absolute atomic E-state index is 12.6. The first-order chi connectivity index (χ1) is 9.58. The standard InChI is InChI=1S/C15H26N2O2S/c16-13-15(11-7-2-1-3-8-12-15)17-20(18,19)14-9-5-4-6-10-14/h14,17H,1-12H2. The van der Waals surface area contributed by atoms with Gasteiger partial charge in [-0.05, 0) is 25.7 Å². The summed E-state index contributed by atoms with van der Waals surface area (Å²) in [5.74, 6) is 0. The molecule has 2 aliphatic carbocycles. The third-order valence-corrected chi connectivity index (χ3v) is 6.77. The predicted octanol–water partition coefficient (Wildman–Crippen LogP) is 3.25. The number of rotatable bonds is 3. The number of sulfonamides is 1. The number of nitrogens with one attached hydrogen (secondary N) is 1. The van der Waals surface area contributed by atoms with E-state index >= 15 is 0 Å². The van der Waals surface area contributed by atoms with Crippen LogP contribution in [-0.2, 0) is 10.0 Å². The van der Waals surface area contributed by atoms with Crippen LogP contribution in [-0.4, -0.2) is 19.2 Å². The number of hydrogen-bond acceptors (Lipinski definition) is 3. The summed E-state index contributed by atoms with van der Waals surface area (Å²) in [6.45, 7) is 0. The maximum Gasteiger partial charge on any atom is 0.215 e. The lowest BCUT2D eigenvalue weighted by Crippen LogP contribution is -2.51. The molecule has 2 saturated carbocycles. The largest absolute Gasteiger partial charge is 0.215 e. The molecule has 114 valence electrons. The van der Waals surface area contributed by atoms with Gasteiger partial charge >= 0.3 is 0 Å². The van der Waals surface area contributed by atoms with E-state index in [9.17, 15) is 13.7 Å². The Balaban J connectivity index is 2.08. The smallest absolute Gasteiger partial charge is 0.212 e. The molecule has 0 unspecified atom stereocenters. The first-order valence-corrected chi connectivity index (χ1v) is 9.57. The molecular weight excluding hydrogens is 272 g/mol. The molecule has 4 nitrogen and oxygen atoms in total. The van der Waals surface area contributed by atoms with Crippen LogP contribution in [0.2, 0.25) is 0 Å². The van der Waals surface area contributed by atoms with Crippen LogP contribution in [0.4, 0.5) is 0 Å². The van der Waals surface area contributed by atoms with Crippen molar-refractivity contribution < 1.29 is 8.42 Å². The molecule has 0 aliphatic heterocycles. The van der Waals surface area contributed by atoms with Gasteiger partial charge in [-0.15, -0.1) is 0 Å². The van der Waals surface area contributed by atoms with Gasteiger partial charge in [0.05, 0.1) is 11.3 Å². The minimum atomic E-state index is -3.35. The Bertz CT molecular complexity index is 439. The molecule has 0 bridgehead atoms. The molecule has 2 rings (SSSR count). The fourth-order valence-electron chi connectivity index (χ4n) is 3.48. The van der Waals surface area contributed by atoms with Crippen LogP contribution in [0.25, 0.3) is 0 Å². The van der Waals surface area contributed by atoms with Gasteiger partial charge in [0.2, 0.25) is 10.0 Å². The average molecular weight is 298 g/mol. The molecule has 5 heteroatoms. The van der Waals surface area contributed by atoms with Gasteiger partial charge in [-0.3, -0.25) is 0 Å². The van der Waals surface area contributed by atoms with E-state index < -0.39 is 15.6 Å². The highest BCUT2D eigenvalue weighted by Crippen LogP contribution is 2.29. The molecular formula is C15H26N2O2S. The summed E-state index contributed by atoms with van der Waals surface area (Å²) in [6.07, 6.45) is 11.2. The van der Waals surface area contributed by atoms with Crippen molar-refractivity contribution in [3.8, 4) is 6.07 Å². The average Bonchev–Trinajstić information content (AvgIpc) is 2.43.